The van der Waals surface area contributed by atoms with Crippen LogP contribution in [0, 0.1) is 17.9 Å². The number of benzene rings is 8. The number of nitrogens with zero attached hydrogens (tertiary/aromatic N) is 7. The summed E-state index contributed by atoms with van der Waals surface area (Å²) in [5.41, 5.74) is 10.3. The van der Waals surface area contributed by atoms with Crippen molar-refractivity contribution in [2.75, 3.05) is 0 Å². The quantitative estimate of drug-likeness (QED) is 0.132. The Bertz CT molecular complexity index is 3620. The van der Waals surface area contributed by atoms with Gasteiger partial charge in [0.1, 0.15) is 11.7 Å². The molecule has 5 aromatic heterocycles. The molecule has 274 valence electrons. The van der Waals surface area contributed by atoms with Gasteiger partial charge in [0.05, 0.1) is 51.1 Å². The van der Waals surface area contributed by atoms with Gasteiger partial charge in [-0.15, -0.1) is 0 Å². The molecule has 0 fully saturated rings. The van der Waals surface area contributed by atoms with Crippen molar-refractivity contribution in [2.45, 2.75) is 0 Å². The van der Waals surface area contributed by atoms with Crippen molar-refractivity contribution >= 4 is 92.8 Å². The highest BCUT2D eigenvalue weighted by molar-refractivity contribution is 6.35. The first-order chi connectivity index (χ1) is 29.8. The number of fused-ring (bicyclic) bond motifs is 6. The Labute approximate surface area is 341 Å². The van der Waals surface area contributed by atoms with Crippen LogP contribution in [0.15, 0.2) is 164 Å². The van der Waals surface area contributed by atoms with Crippen LogP contribution in [-0.4, -0.2) is 24.1 Å². The number of rotatable bonds is 4. The highest BCUT2D eigenvalue weighted by atomic mass is 15.1. The van der Waals surface area contributed by atoms with Crippen LogP contribution in [0.4, 0.5) is 5.69 Å². The van der Waals surface area contributed by atoms with E-state index in [4.69, 9.17) is 21.5 Å². The standard InChI is InChI=1S/C53H27N7/c1-55-50-42(30-13-4-2-5-14-30)38(29-54)51(59-40-24-27-56-48-36-19-10-11-20-37(36)49-47(46(40)48)41(59)25-28-57-49)43(31-15-6-3-7-16-31)52(50)60-39-22-12-21-34-32-17-8-9-18-33(32)35-23-26-58-53(60)45(35)44(34)39/h2-28H. The van der Waals surface area contributed by atoms with Gasteiger partial charge in [-0.1, -0.05) is 121 Å². The Kier molecular flexibility index (Phi) is 6.45. The molecule has 13 aromatic rings. The van der Waals surface area contributed by atoms with Gasteiger partial charge >= 0.3 is 0 Å². The third-order valence-electron chi connectivity index (χ3n) is 12.4. The minimum atomic E-state index is 0.371. The lowest BCUT2D eigenvalue weighted by molar-refractivity contribution is 1.11. The van der Waals surface area contributed by atoms with Crippen molar-refractivity contribution in [1.82, 2.24) is 24.1 Å². The van der Waals surface area contributed by atoms with Gasteiger partial charge in [-0.25, -0.2) is 9.83 Å². The fourth-order valence-electron chi connectivity index (χ4n) is 10.2. The summed E-state index contributed by atoms with van der Waals surface area (Å²) in [6.45, 7) is 9.13. The van der Waals surface area contributed by atoms with Crippen LogP contribution in [0.3, 0.4) is 0 Å². The van der Waals surface area contributed by atoms with E-state index in [2.05, 4.69) is 92.8 Å². The molecule has 0 aliphatic heterocycles. The van der Waals surface area contributed by atoms with Gasteiger partial charge in [-0.3, -0.25) is 9.97 Å². The third-order valence-corrected chi connectivity index (χ3v) is 12.4. The molecular formula is C53H27N7. The van der Waals surface area contributed by atoms with Gasteiger partial charge in [-0.2, -0.15) is 5.26 Å². The number of pyridine rings is 3. The molecule has 0 radical (unpaired) electrons. The lowest BCUT2D eigenvalue weighted by Crippen LogP contribution is -2.09. The van der Waals surface area contributed by atoms with Gasteiger partial charge in [-0.05, 0) is 56.9 Å². The number of hydrogen-bond acceptors (Lipinski definition) is 4. The lowest BCUT2D eigenvalue weighted by Gasteiger charge is -2.25. The second-order valence-electron chi connectivity index (χ2n) is 15.3. The molecule has 0 N–H and O–H groups in total. The Morgan fingerprint density at radius 2 is 0.967 bits per heavy atom. The van der Waals surface area contributed by atoms with Crippen molar-refractivity contribution in [3.63, 3.8) is 0 Å². The van der Waals surface area contributed by atoms with Gasteiger partial charge in [0.2, 0.25) is 5.69 Å². The van der Waals surface area contributed by atoms with E-state index < -0.39 is 0 Å². The summed E-state index contributed by atoms with van der Waals surface area (Å²) in [6.07, 6.45) is 5.59. The monoisotopic (exact) mass is 761 g/mol. The van der Waals surface area contributed by atoms with Crippen molar-refractivity contribution in [3.8, 4) is 39.7 Å². The predicted molar refractivity (Wildman–Crippen MR) is 243 cm³/mol. The van der Waals surface area contributed by atoms with Gasteiger partial charge in [0.25, 0.3) is 0 Å². The van der Waals surface area contributed by atoms with E-state index in [1.165, 1.54) is 0 Å². The Balaban J connectivity index is 1.33. The molecule has 0 atom stereocenters. The summed E-state index contributed by atoms with van der Waals surface area (Å²) in [7, 11) is 0. The second-order valence-corrected chi connectivity index (χ2v) is 15.3. The van der Waals surface area contributed by atoms with Crippen LogP contribution >= 0.6 is 0 Å². The molecule has 0 unspecified atom stereocenters. The lowest BCUT2D eigenvalue weighted by atomic mass is 9.88. The fourth-order valence-corrected chi connectivity index (χ4v) is 10.2. The first kappa shape index (κ1) is 32.4. The van der Waals surface area contributed by atoms with E-state index in [0.29, 0.717) is 28.2 Å². The molecule has 0 saturated carbocycles. The molecule has 0 aliphatic carbocycles. The van der Waals surface area contributed by atoms with Crippen LogP contribution in [0.1, 0.15) is 5.56 Å². The van der Waals surface area contributed by atoms with Gasteiger partial charge in [0.15, 0.2) is 0 Å². The summed E-state index contributed by atoms with van der Waals surface area (Å²) in [5, 5.41) is 22.3. The normalized spacial score (nSPS) is 12.0. The number of aromatic nitrogens is 5. The van der Waals surface area contributed by atoms with E-state index in [1.54, 1.807) is 0 Å². The van der Waals surface area contributed by atoms with E-state index >= 15 is 0 Å². The number of nitriles is 1. The van der Waals surface area contributed by atoms with Crippen molar-refractivity contribution < 1.29 is 0 Å². The summed E-state index contributed by atoms with van der Waals surface area (Å²) >= 11 is 0. The highest BCUT2D eigenvalue weighted by Gasteiger charge is 2.33. The molecule has 7 heteroatoms. The maximum atomic E-state index is 11.7. The van der Waals surface area contributed by atoms with E-state index in [9.17, 15) is 5.26 Å². The molecular weight excluding hydrogens is 735 g/mol. The molecule has 5 heterocycles. The van der Waals surface area contributed by atoms with Gasteiger partial charge < -0.3 is 9.13 Å². The van der Waals surface area contributed by atoms with Crippen molar-refractivity contribution in [3.05, 3.63) is 181 Å². The third kappa shape index (κ3) is 4.02. The van der Waals surface area contributed by atoms with E-state index in [1.807, 2.05) is 91.4 Å². The molecule has 0 saturated heterocycles. The molecule has 0 spiro atoms. The Morgan fingerprint density at radius 3 is 1.57 bits per heavy atom. The first-order valence-corrected chi connectivity index (χ1v) is 19.8. The SMILES string of the molecule is [C-]#[N+]c1c(-c2ccccc2)c(C#N)c(-n2c3ccnc4c5ccccc5c5nccc2c5c43)c(-c2ccccc2)c1-n1c2cccc3c4ccccc4c4ccnc1c4c32. The number of hydrogen-bond donors (Lipinski definition) is 0. The fraction of sp³-hybridized carbons (Fsp3) is 0. The molecule has 7 nitrogen and oxygen atoms in total. The topological polar surface area (TPSA) is 76.7 Å². The van der Waals surface area contributed by atoms with Crippen LogP contribution in [0.5, 0.6) is 0 Å². The predicted octanol–water partition coefficient (Wildman–Crippen LogP) is 13.3. The smallest absolute Gasteiger partial charge is 0.220 e. The van der Waals surface area contributed by atoms with Crippen LogP contribution in [-0.2, 0) is 0 Å². The Hall–Kier alpha value is -8.65. The molecule has 8 aromatic carbocycles. The van der Waals surface area contributed by atoms with Crippen molar-refractivity contribution in [2.24, 2.45) is 0 Å². The molecule has 0 aliphatic rings. The minimum absolute atomic E-state index is 0.371. The molecule has 13 rings (SSSR count). The zero-order chi connectivity index (χ0) is 39.6. The summed E-state index contributed by atoms with van der Waals surface area (Å²) in [5.74, 6) is 0. The average molecular weight is 762 g/mol. The maximum Gasteiger partial charge on any atom is 0.220 e. The van der Waals surface area contributed by atoms with Crippen LogP contribution in [0.2, 0.25) is 0 Å². The summed E-state index contributed by atoms with van der Waals surface area (Å²) in [6, 6.07) is 52.2. The Morgan fingerprint density at radius 1 is 0.450 bits per heavy atom. The average Bonchev–Trinajstić information content (AvgIpc) is 3.84. The highest BCUT2D eigenvalue weighted by Crippen LogP contribution is 2.54. The van der Waals surface area contributed by atoms with Crippen LogP contribution in [0.25, 0.3) is 126 Å². The zero-order valence-corrected chi connectivity index (χ0v) is 31.7. The largest absolute Gasteiger partial charge is 0.307 e. The zero-order valence-electron chi connectivity index (χ0n) is 31.7. The molecule has 0 bridgehead atoms. The molecule has 0 amide bonds. The van der Waals surface area contributed by atoms with E-state index in [-0.39, 0.29) is 0 Å². The van der Waals surface area contributed by atoms with Crippen molar-refractivity contribution in [1.29, 1.82) is 5.26 Å². The van der Waals surface area contributed by atoms with Crippen LogP contribution < -0.4 is 0 Å². The minimum Gasteiger partial charge on any atom is -0.307 e. The summed E-state index contributed by atoms with van der Waals surface area (Å²) in [4.78, 5) is 19.6. The van der Waals surface area contributed by atoms with Gasteiger partial charge in [0, 0.05) is 62.0 Å². The first-order valence-electron chi connectivity index (χ1n) is 19.8. The maximum absolute atomic E-state index is 11.7. The van der Waals surface area contributed by atoms with E-state index in [0.717, 1.165) is 104 Å². The molecule has 60 heavy (non-hydrogen) atoms. The second kappa shape index (κ2) is 11.9. The summed E-state index contributed by atoms with van der Waals surface area (Å²) < 4.78 is 4.42.